The number of aliphatic hydroxyl groups is 1. The molecule has 0 atom stereocenters. The van der Waals surface area contributed by atoms with Crippen molar-refractivity contribution < 1.29 is 9.84 Å². The quantitative estimate of drug-likeness (QED) is 0.804. The molecular weight excluding hydrogens is 246 g/mol. The molecule has 0 spiro atoms. The average molecular weight is 267 g/mol. The second-order valence-electron chi connectivity index (χ2n) is 4.54. The first-order valence-electron chi connectivity index (χ1n) is 6.69. The minimum atomic E-state index is 0.261. The third kappa shape index (κ3) is 3.44. The molecule has 0 aliphatic carbocycles. The highest BCUT2D eigenvalue weighted by Crippen LogP contribution is 2.22. The minimum Gasteiger partial charge on any atom is -0.464 e. The smallest absolute Gasteiger partial charge is 0.323 e. The van der Waals surface area contributed by atoms with Gasteiger partial charge in [0.1, 0.15) is 0 Å². The highest BCUT2D eigenvalue weighted by Gasteiger charge is 2.21. The lowest BCUT2D eigenvalue weighted by Gasteiger charge is -2.31. The van der Waals surface area contributed by atoms with Gasteiger partial charge >= 0.3 is 6.01 Å². The Morgan fingerprint density at radius 1 is 1.32 bits per heavy atom. The van der Waals surface area contributed by atoms with Gasteiger partial charge in [0.25, 0.3) is 0 Å². The zero-order chi connectivity index (χ0) is 13.7. The fraction of sp³-hybridized carbons (Fsp3) is 0.750. The molecule has 0 amide bonds. The Hall–Kier alpha value is -1.63. The lowest BCUT2D eigenvalue weighted by Crippen LogP contribution is -2.36. The first-order valence-corrected chi connectivity index (χ1v) is 6.69. The number of anilines is 2. The van der Waals surface area contributed by atoms with Gasteiger partial charge in [-0.1, -0.05) is 0 Å². The molecule has 2 N–H and O–H groups in total. The largest absolute Gasteiger partial charge is 0.464 e. The van der Waals surface area contributed by atoms with Gasteiger partial charge in [0.15, 0.2) is 0 Å². The van der Waals surface area contributed by atoms with Gasteiger partial charge in [0, 0.05) is 26.7 Å². The molecular formula is C12H21N5O2. The van der Waals surface area contributed by atoms with E-state index in [4.69, 9.17) is 9.84 Å². The maximum atomic E-state index is 9.15. The van der Waals surface area contributed by atoms with E-state index in [0.717, 1.165) is 25.9 Å². The van der Waals surface area contributed by atoms with Crippen molar-refractivity contribution in [3.63, 3.8) is 0 Å². The number of aromatic nitrogens is 3. The van der Waals surface area contributed by atoms with Gasteiger partial charge in [-0.25, -0.2) is 0 Å². The Morgan fingerprint density at radius 2 is 2.05 bits per heavy atom. The standard InChI is InChI=1S/C12H21N5O2/c1-3-19-12-15-10(13-2)14-11(16-12)17-6-4-9(8-18)5-7-17/h9,18H,3-8H2,1-2H3,(H,13,14,15,16). The van der Waals surface area contributed by atoms with Crippen LogP contribution in [0.2, 0.25) is 0 Å². The molecule has 19 heavy (non-hydrogen) atoms. The van der Waals surface area contributed by atoms with Gasteiger partial charge in [-0.3, -0.25) is 0 Å². The number of rotatable bonds is 5. The number of nitrogens with zero attached hydrogens (tertiary/aromatic N) is 4. The van der Waals surface area contributed by atoms with Crippen molar-refractivity contribution in [1.29, 1.82) is 0 Å². The predicted octanol–water partition coefficient (Wildman–Crippen LogP) is 0.521. The normalized spacial score (nSPS) is 16.5. The molecule has 1 fully saturated rings. The van der Waals surface area contributed by atoms with E-state index in [-0.39, 0.29) is 6.61 Å². The van der Waals surface area contributed by atoms with Crippen molar-refractivity contribution in [3.05, 3.63) is 0 Å². The van der Waals surface area contributed by atoms with Crippen molar-refractivity contribution in [1.82, 2.24) is 15.0 Å². The van der Waals surface area contributed by atoms with Crippen molar-refractivity contribution in [3.8, 4) is 6.01 Å². The second kappa shape index (κ2) is 6.51. The van der Waals surface area contributed by atoms with E-state index in [2.05, 4.69) is 25.2 Å². The van der Waals surface area contributed by atoms with E-state index in [9.17, 15) is 0 Å². The van der Waals surface area contributed by atoms with Gasteiger partial charge in [0.2, 0.25) is 11.9 Å². The van der Waals surface area contributed by atoms with E-state index in [0.29, 0.717) is 30.4 Å². The summed E-state index contributed by atoms with van der Waals surface area (Å²) in [6.07, 6.45) is 1.92. The summed E-state index contributed by atoms with van der Waals surface area (Å²) in [6.45, 7) is 4.39. The number of hydrogen-bond acceptors (Lipinski definition) is 7. The van der Waals surface area contributed by atoms with Gasteiger partial charge < -0.3 is 20.1 Å². The average Bonchev–Trinajstić information content (AvgIpc) is 2.47. The molecule has 7 heteroatoms. The summed E-state index contributed by atoms with van der Waals surface area (Å²) in [5, 5.41) is 12.1. The molecule has 106 valence electrons. The van der Waals surface area contributed by atoms with Crippen LogP contribution >= 0.6 is 0 Å². The fourth-order valence-electron chi connectivity index (χ4n) is 2.11. The predicted molar refractivity (Wildman–Crippen MR) is 72.6 cm³/mol. The summed E-state index contributed by atoms with van der Waals surface area (Å²) < 4.78 is 5.35. The molecule has 7 nitrogen and oxygen atoms in total. The molecule has 1 aromatic rings. The van der Waals surface area contributed by atoms with Gasteiger partial charge in [-0.05, 0) is 25.7 Å². The molecule has 1 saturated heterocycles. The zero-order valence-electron chi connectivity index (χ0n) is 11.5. The van der Waals surface area contributed by atoms with Gasteiger partial charge in [0.05, 0.1) is 6.61 Å². The van der Waals surface area contributed by atoms with Crippen LogP contribution in [0.1, 0.15) is 19.8 Å². The molecule has 0 saturated carbocycles. The summed E-state index contributed by atoms with van der Waals surface area (Å²) in [5.41, 5.74) is 0. The summed E-state index contributed by atoms with van der Waals surface area (Å²) in [7, 11) is 1.77. The highest BCUT2D eigenvalue weighted by atomic mass is 16.5. The Bertz CT molecular complexity index is 407. The number of hydrogen-bond donors (Lipinski definition) is 2. The van der Waals surface area contributed by atoms with Gasteiger partial charge in [-0.15, -0.1) is 0 Å². The second-order valence-corrected chi connectivity index (χ2v) is 4.54. The van der Waals surface area contributed by atoms with E-state index in [1.165, 1.54) is 0 Å². The third-order valence-corrected chi connectivity index (χ3v) is 3.26. The Morgan fingerprint density at radius 3 is 2.63 bits per heavy atom. The van der Waals surface area contributed by atoms with Crippen LogP contribution in [0.4, 0.5) is 11.9 Å². The first-order chi connectivity index (χ1) is 9.26. The summed E-state index contributed by atoms with van der Waals surface area (Å²) >= 11 is 0. The van der Waals surface area contributed by atoms with Crippen LogP contribution in [-0.2, 0) is 0 Å². The van der Waals surface area contributed by atoms with E-state index in [1.54, 1.807) is 7.05 Å². The van der Waals surface area contributed by atoms with Crippen LogP contribution in [0.5, 0.6) is 6.01 Å². The lowest BCUT2D eigenvalue weighted by molar-refractivity contribution is 0.202. The first kappa shape index (κ1) is 13.8. The number of ether oxygens (including phenoxy) is 1. The van der Waals surface area contributed by atoms with E-state index >= 15 is 0 Å². The maximum Gasteiger partial charge on any atom is 0.323 e. The molecule has 0 bridgehead atoms. The van der Waals surface area contributed by atoms with Crippen LogP contribution in [0.3, 0.4) is 0 Å². The lowest BCUT2D eigenvalue weighted by atomic mass is 9.98. The number of piperidine rings is 1. The molecule has 0 radical (unpaired) electrons. The van der Waals surface area contributed by atoms with Crippen LogP contribution < -0.4 is 15.0 Å². The van der Waals surface area contributed by atoms with Crippen molar-refractivity contribution in [2.45, 2.75) is 19.8 Å². The SMILES string of the molecule is CCOc1nc(NC)nc(N2CCC(CO)CC2)n1. The Balaban J connectivity index is 2.12. The molecule has 2 heterocycles. The van der Waals surface area contributed by atoms with Crippen molar-refractivity contribution in [2.75, 3.05) is 43.6 Å². The molecule has 1 aliphatic rings. The topological polar surface area (TPSA) is 83.4 Å². The maximum absolute atomic E-state index is 9.15. The Labute approximate surface area is 113 Å². The van der Waals surface area contributed by atoms with Crippen LogP contribution in [0.25, 0.3) is 0 Å². The third-order valence-electron chi connectivity index (χ3n) is 3.26. The summed E-state index contributed by atoms with van der Waals surface area (Å²) in [4.78, 5) is 14.9. The zero-order valence-corrected chi connectivity index (χ0v) is 11.5. The number of nitrogens with one attached hydrogen (secondary N) is 1. The molecule has 1 aliphatic heterocycles. The van der Waals surface area contributed by atoms with Crippen LogP contribution in [-0.4, -0.2) is 53.4 Å². The molecule has 0 aromatic carbocycles. The molecule has 1 aromatic heterocycles. The van der Waals surface area contributed by atoms with Crippen LogP contribution in [0, 0.1) is 5.92 Å². The van der Waals surface area contributed by atoms with Crippen molar-refractivity contribution >= 4 is 11.9 Å². The van der Waals surface area contributed by atoms with E-state index < -0.39 is 0 Å². The molecule has 0 unspecified atom stereocenters. The number of aliphatic hydroxyl groups excluding tert-OH is 1. The van der Waals surface area contributed by atoms with Crippen LogP contribution in [0.15, 0.2) is 0 Å². The minimum absolute atomic E-state index is 0.261. The van der Waals surface area contributed by atoms with Crippen molar-refractivity contribution in [2.24, 2.45) is 5.92 Å². The van der Waals surface area contributed by atoms with E-state index in [1.807, 2.05) is 6.92 Å². The summed E-state index contributed by atoms with van der Waals surface area (Å²) in [6, 6.07) is 0.348. The summed E-state index contributed by atoms with van der Waals surface area (Å²) in [5.74, 6) is 1.55. The molecule has 2 rings (SSSR count). The fourth-order valence-corrected chi connectivity index (χ4v) is 2.11. The monoisotopic (exact) mass is 267 g/mol. The van der Waals surface area contributed by atoms with Gasteiger partial charge in [-0.2, -0.15) is 15.0 Å². The Kier molecular flexibility index (Phi) is 4.73. The highest BCUT2D eigenvalue weighted by molar-refractivity contribution is 5.38.